The molecule has 1 aromatic carbocycles. The zero-order valence-corrected chi connectivity index (χ0v) is 15.3. The molecule has 0 bridgehead atoms. The van der Waals surface area contributed by atoms with Crippen LogP contribution in [0.3, 0.4) is 0 Å². The maximum atomic E-state index is 13.6. The molecule has 2 amide bonds. The molecule has 0 N–H and O–H groups in total. The van der Waals surface area contributed by atoms with Gasteiger partial charge in [0, 0.05) is 25.3 Å². The molecule has 2 saturated heterocycles. The molecule has 5 nitrogen and oxygen atoms in total. The highest BCUT2D eigenvalue weighted by molar-refractivity contribution is 7.12. The molecule has 0 radical (unpaired) electrons. The third-order valence-corrected chi connectivity index (χ3v) is 6.26. The zero-order chi connectivity index (χ0) is 18.3. The molecule has 4 rings (SSSR count). The molecule has 2 fully saturated rings. The molecule has 7 heteroatoms. The summed E-state index contributed by atoms with van der Waals surface area (Å²) in [7, 11) is 1.93. The number of carbonyl (C=O) groups is 2. The number of anilines is 1. The normalized spacial score (nSPS) is 23.8. The summed E-state index contributed by atoms with van der Waals surface area (Å²) >= 11 is 1.44. The number of piperazine rings is 1. The Morgan fingerprint density at radius 2 is 2.08 bits per heavy atom. The first-order chi connectivity index (χ1) is 12.5. The number of hydrogen-bond acceptors (Lipinski definition) is 4. The largest absolute Gasteiger partial charge is 0.336 e. The van der Waals surface area contributed by atoms with E-state index in [2.05, 4.69) is 0 Å². The average Bonchev–Trinajstić information content (AvgIpc) is 3.29. The second-order valence-corrected chi connectivity index (χ2v) is 7.94. The molecule has 26 heavy (non-hydrogen) atoms. The van der Waals surface area contributed by atoms with Crippen molar-refractivity contribution in [2.24, 2.45) is 0 Å². The number of likely N-dealkylation sites (N-methyl/N-ethyl adjacent to an activating group) is 1. The highest BCUT2D eigenvalue weighted by Crippen LogP contribution is 2.34. The number of hydrogen-bond donors (Lipinski definition) is 0. The van der Waals surface area contributed by atoms with Crippen molar-refractivity contribution >= 4 is 28.8 Å². The van der Waals surface area contributed by atoms with Crippen molar-refractivity contribution in [3.63, 3.8) is 0 Å². The van der Waals surface area contributed by atoms with E-state index in [9.17, 15) is 14.0 Å². The second kappa shape index (κ2) is 6.48. The van der Waals surface area contributed by atoms with Gasteiger partial charge in [-0.3, -0.25) is 14.5 Å². The van der Waals surface area contributed by atoms with Crippen LogP contribution in [-0.4, -0.2) is 60.4 Å². The molecule has 2 aromatic rings. The lowest BCUT2D eigenvalue weighted by atomic mass is 9.92. The quantitative estimate of drug-likeness (QED) is 0.812. The van der Waals surface area contributed by atoms with E-state index in [4.69, 9.17) is 0 Å². The first-order valence-electron chi connectivity index (χ1n) is 8.58. The summed E-state index contributed by atoms with van der Waals surface area (Å²) in [6.07, 6.45) is 0.791. The third-order valence-electron chi connectivity index (χ3n) is 5.41. The highest BCUT2D eigenvalue weighted by Gasteiger charge is 2.48. The van der Waals surface area contributed by atoms with E-state index >= 15 is 0 Å². The predicted molar refractivity (Wildman–Crippen MR) is 99.0 cm³/mol. The Morgan fingerprint density at radius 3 is 2.81 bits per heavy atom. The number of carbonyl (C=O) groups excluding carboxylic acids is 2. The van der Waals surface area contributed by atoms with Crippen LogP contribution >= 0.6 is 11.3 Å². The molecule has 136 valence electrons. The number of halogens is 1. The minimum atomic E-state index is -0.357. The minimum absolute atomic E-state index is 0.0412. The average molecular weight is 373 g/mol. The lowest BCUT2D eigenvalue weighted by Crippen LogP contribution is -2.64. The van der Waals surface area contributed by atoms with Crippen LogP contribution in [-0.2, 0) is 4.79 Å². The Bertz CT molecular complexity index is 841. The van der Waals surface area contributed by atoms with Crippen LogP contribution < -0.4 is 4.90 Å². The summed E-state index contributed by atoms with van der Waals surface area (Å²) in [5.74, 6) is -0.365. The number of amides is 2. The molecular formula is C19H20FN3O2S. The summed E-state index contributed by atoms with van der Waals surface area (Å²) in [5, 5.41) is 1.90. The molecule has 0 saturated carbocycles. The van der Waals surface area contributed by atoms with Crippen LogP contribution in [0.4, 0.5) is 10.1 Å². The zero-order valence-electron chi connectivity index (χ0n) is 14.5. The second-order valence-electron chi connectivity index (χ2n) is 6.99. The Morgan fingerprint density at radius 1 is 1.23 bits per heavy atom. The van der Waals surface area contributed by atoms with Crippen LogP contribution in [0.1, 0.15) is 16.1 Å². The van der Waals surface area contributed by atoms with Crippen molar-refractivity contribution in [2.75, 3.05) is 38.1 Å². The fourth-order valence-corrected chi connectivity index (χ4v) is 4.56. The summed E-state index contributed by atoms with van der Waals surface area (Å²) in [4.78, 5) is 31.5. The Hall–Kier alpha value is -2.25. The Balaban J connectivity index is 1.57. The molecule has 3 heterocycles. The minimum Gasteiger partial charge on any atom is -0.336 e. The third kappa shape index (κ3) is 2.91. The van der Waals surface area contributed by atoms with Gasteiger partial charge in [0.25, 0.3) is 5.91 Å². The van der Waals surface area contributed by atoms with Crippen LogP contribution in [0.5, 0.6) is 0 Å². The molecule has 0 unspecified atom stereocenters. The van der Waals surface area contributed by atoms with Crippen molar-refractivity contribution in [1.29, 1.82) is 0 Å². The Kier molecular flexibility index (Phi) is 4.28. The SMILES string of the molecule is CN1CC(=O)N(c2cccc(F)c2)C[C@@]12CCN(C(=O)c1cccs1)C2. The lowest BCUT2D eigenvalue weighted by molar-refractivity contribution is -0.123. The summed E-state index contributed by atoms with van der Waals surface area (Å²) < 4.78 is 13.6. The molecule has 0 aliphatic carbocycles. The van der Waals surface area contributed by atoms with Crippen LogP contribution in [0.2, 0.25) is 0 Å². The number of thiophene rings is 1. The van der Waals surface area contributed by atoms with Gasteiger partial charge in [-0.25, -0.2) is 4.39 Å². The van der Waals surface area contributed by atoms with E-state index in [0.717, 1.165) is 11.3 Å². The fraction of sp³-hybridized carbons (Fsp3) is 0.368. The first kappa shape index (κ1) is 17.2. The fourth-order valence-electron chi connectivity index (χ4n) is 3.86. The Labute approximate surface area is 155 Å². The molecule has 1 spiro atoms. The summed E-state index contributed by atoms with van der Waals surface area (Å²) in [5.41, 5.74) is 0.276. The predicted octanol–water partition coefficient (Wildman–Crippen LogP) is 2.45. The van der Waals surface area contributed by atoms with E-state index in [-0.39, 0.29) is 29.7 Å². The van der Waals surface area contributed by atoms with Crippen LogP contribution in [0, 0.1) is 5.82 Å². The smallest absolute Gasteiger partial charge is 0.263 e. The highest BCUT2D eigenvalue weighted by atomic mass is 32.1. The van der Waals surface area contributed by atoms with Crippen LogP contribution in [0.15, 0.2) is 41.8 Å². The van der Waals surface area contributed by atoms with Gasteiger partial charge in [-0.2, -0.15) is 0 Å². The maximum absolute atomic E-state index is 13.6. The summed E-state index contributed by atoms with van der Waals surface area (Å²) in [6.45, 7) is 1.95. The van der Waals surface area contributed by atoms with Crippen molar-refractivity contribution in [3.8, 4) is 0 Å². The first-order valence-corrected chi connectivity index (χ1v) is 9.46. The van der Waals surface area contributed by atoms with Crippen molar-refractivity contribution in [1.82, 2.24) is 9.80 Å². The monoisotopic (exact) mass is 373 g/mol. The maximum Gasteiger partial charge on any atom is 0.263 e. The van der Waals surface area contributed by atoms with Gasteiger partial charge in [0.05, 0.1) is 17.0 Å². The van der Waals surface area contributed by atoms with Gasteiger partial charge < -0.3 is 9.80 Å². The van der Waals surface area contributed by atoms with E-state index in [0.29, 0.717) is 25.3 Å². The van der Waals surface area contributed by atoms with Gasteiger partial charge in [-0.1, -0.05) is 12.1 Å². The van der Waals surface area contributed by atoms with Gasteiger partial charge in [0.1, 0.15) is 5.82 Å². The van der Waals surface area contributed by atoms with Gasteiger partial charge in [-0.15, -0.1) is 11.3 Å². The standard InChI is InChI=1S/C19H20FN3O2S/c1-21-11-17(24)23(15-5-2-4-14(20)10-15)13-19(21)7-8-22(12-19)18(25)16-6-3-9-26-16/h2-6,9-10H,7-8,11-13H2,1H3/t19-/m0/s1. The van der Waals surface area contributed by atoms with E-state index in [1.807, 2.05) is 34.4 Å². The van der Waals surface area contributed by atoms with E-state index in [1.165, 1.54) is 23.5 Å². The summed E-state index contributed by atoms with van der Waals surface area (Å²) in [6, 6.07) is 9.84. The number of likely N-dealkylation sites (tertiary alicyclic amines) is 1. The molecular weight excluding hydrogens is 353 g/mol. The van der Waals surface area contributed by atoms with Gasteiger partial charge in [-0.05, 0) is 43.1 Å². The van der Waals surface area contributed by atoms with Gasteiger partial charge >= 0.3 is 0 Å². The van der Waals surface area contributed by atoms with Gasteiger partial charge in [0.15, 0.2) is 0 Å². The molecule has 1 aromatic heterocycles. The van der Waals surface area contributed by atoms with Crippen molar-refractivity contribution < 1.29 is 14.0 Å². The topological polar surface area (TPSA) is 43.9 Å². The number of benzene rings is 1. The van der Waals surface area contributed by atoms with Gasteiger partial charge in [0.2, 0.25) is 5.91 Å². The van der Waals surface area contributed by atoms with Crippen molar-refractivity contribution in [3.05, 3.63) is 52.5 Å². The molecule has 2 aliphatic heterocycles. The van der Waals surface area contributed by atoms with E-state index < -0.39 is 0 Å². The molecule has 2 aliphatic rings. The molecule has 1 atom stereocenters. The number of rotatable bonds is 2. The van der Waals surface area contributed by atoms with E-state index in [1.54, 1.807) is 17.0 Å². The van der Waals surface area contributed by atoms with Crippen LogP contribution in [0.25, 0.3) is 0 Å². The van der Waals surface area contributed by atoms with Crippen molar-refractivity contribution in [2.45, 2.75) is 12.0 Å². The lowest BCUT2D eigenvalue weighted by Gasteiger charge is -2.46. The number of nitrogens with zero attached hydrogens (tertiary/aromatic N) is 3.